The number of rotatable bonds is 4. The van der Waals surface area contributed by atoms with Gasteiger partial charge in [-0.05, 0) is 20.8 Å². The lowest BCUT2D eigenvalue weighted by Gasteiger charge is -2.26. The second kappa shape index (κ2) is 5.48. The summed E-state index contributed by atoms with van der Waals surface area (Å²) < 4.78 is 0. The Bertz CT molecular complexity index is 435. The predicted octanol–water partition coefficient (Wildman–Crippen LogP) is 1.87. The summed E-state index contributed by atoms with van der Waals surface area (Å²) in [5.41, 5.74) is 1.00. The second-order valence-electron chi connectivity index (χ2n) is 4.14. The van der Waals surface area contributed by atoms with E-state index in [9.17, 15) is 0 Å². The molecule has 1 aromatic rings. The van der Waals surface area contributed by atoms with Crippen LogP contribution in [0.25, 0.3) is 0 Å². The minimum atomic E-state index is 0.137. The van der Waals surface area contributed by atoms with Gasteiger partial charge in [0, 0.05) is 25.7 Å². The van der Waals surface area contributed by atoms with Crippen LogP contribution in [0.1, 0.15) is 24.7 Å². The summed E-state index contributed by atoms with van der Waals surface area (Å²) in [5, 5.41) is 11.8. The van der Waals surface area contributed by atoms with Crippen LogP contribution in [0.5, 0.6) is 0 Å². The van der Waals surface area contributed by atoms with Gasteiger partial charge in [0.05, 0.1) is 12.5 Å². The summed E-state index contributed by atoms with van der Waals surface area (Å²) in [7, 11) is 3.80. The highest BCUT2D eigenvalue weighted by Crippen LogP contribution is 2.24. The lowest BCUT2D eigenvalue weighted by atomic mass is 10.2. The van der Waals surface area contributed by atoms with Gasteiger partial charge in [-0.2, -0.15) is 5.26 Å². The summed E-state index contributed by atoms with van der Waals surface area (Å²) in [5.74, 6) is 2.44. The van der Waals surface area contributed by atoms with Gasteiger partial charge in [-0.3, -0.25) is 0 Å². The van der Waals surface area contributed by atoms with Gasteiger partial charge in [-0.25, -0.2) is 9.97 Å². The highest BCUT2D eigenvalue weighted by atomic mass is 15.2. The Morgan fingerprint density at radius 1 is 1.41 bits per heavy atom. The molecule has 17 heavy (non-hydrogen) atoms. The minimum Gasteiger partial charge on any atom is -0.373 e. The Balaban J connectivity index is 3.13. The van der Waals surface area contributed by atoms with Crippen LogP contribution >= 0.6 is 0 Å². The van der Waals surface area contributed by atoms with Gasteiger partial charge in [0.1, 0.15) is 17.5 Å². The zero-order chi connectivity index (χ0) is 13.0. The van der Waals surface area contributed by atoms with Crippen LogP contribution in [0, 0.1) is 25.2 Å². The van der Waals surface area contributed by atoms with E-state index >= 15 is 0 Å². The molecule has 92 valence electrons. The normalized spacial score (nSPS) is 11.8. The molecular formula is C12H19N5. The maximum Gasteiger partial charge on any atom is 0.137 e. The van der Waals surface area contributed by atoms with Crippen LogP contribution in [0.2, 0.25) is 0 Å². The number of hydrogen-bond acceptors (Lipinski definition) is 5. The van der Waals surface area contributed by atoms with E-state index in [0.29, 0.717) is 6.42 Å². The molecule has 1 heterocycles. The van der Waals surface area contributed by atoms with Crippen LogP contribution in [0.4, 0.5) is 11.6 Å². The number of aromatic nitrogens is 2. The monoisotopic (exact) mass is 233 g/mol. The van der Waals surface area contributed by atoms with Gasteiger partial charge in [-0.1, -0.05) is 0 Å². The maximum atomic E-state index is 8.74. The van der Waals surface area contributed by atoms with Crippen molar-refractivity contribution in [1.29, 1.82) is 5.26 Å². The van der Waals surface area contributed by atoms with Gasteiger partial charge in [0.25, 0.3) is 0 Å². The molecule has 1 rings (SSSR count). The summed E-state index contributed by atoms with van der Waals surface area (Å²) in [6.07, 6.45) is 0.480. The quantitative estimate of drug-likeness (QED) is 0.860. The summed E-state index contributed by atoms with van der Waals surface area (Å²) in [6, 6.07) is 2.32. The summed E-state index contributed by atoms with van der Waals surface area (Å²) >= 11 is 0. The number of nitrogens with one attached hydrogen (secondary N) is 1. The fraction of sp³-hybridized carbons (Fsp3) is 0.583. The first-order valence-electron chi connectivity index (χ1n) is 5.64. The van der Waals surface area contributed by atoms with Crippen molar-refractivity contribution >= 4 is 11.6 Å². The molecule has 5 nitrogen and oxygen atoms in total. The first-order valence-corrected chi connectivity index (χ1v) is 5.64. The Hall–Kier alpha value is -1.83. The molecule has 0 amide bonds. The molecule has 1 atom stereocenters. The Morgan fingerprint density at radius 3 is 2.59 bits per heavy atom. The van der Waals surface area contributed by atoms with Gasteiger partial charge >= 0.3 is 0 Å². The van der Waals surface area contributed by atoms with E-state index in [0.717, 1.165) is 23.0 Å². The molecule has 0 aliphatic rings. The van der Waals surface area contributed by atoms with Crippen LogP contribution in [-0.2, 0) is 0 Å². The Labute approximate surface area is 102 Å². The van der Waals surface area contributed by atoms with Crippen molar-refractivity contribution in [2.45, 2.75) is 33.2 Å². The first kappa shape index (κ1) is 13.2. The van der Waals surface area contributed by atoms with Crippen molar-refractivity contribution in [1.82, 2.24) is 9.97 Å². The number of hydrogen-bond donors (Lipinski definition) is 1. The highest BCUT2D eigenvalue weighted by Gasteiger charge is 2.16. The van der Waals surface area contributed by atoms with Gasteiger partial charge in [-0.15, -0.1) is 0 Å². The smallest absolute Gasteiger partial charge is 0.137 e. The van der Waals surface area contributed by atoms with Crippen molar-refractivity contribution in [2.75, 3.05) is 24.3 Å². The number of aryl methyl sites for hydroxylation is 1. The number of nitriles is 1. The SMILES string of the molecule is CNc1nc(C)nc(N(C)C(C)CC#N)c1C. The van der Waals surface area contributed by atoms with Gasteiger partial charge in [0.2, 0.25) is 0 Å². The molecule has 0 aliphatic carbocycles. The van der Waals surface area contributed by atoms with Gasteiger partial charge < -0.3 is 10.2 Å². The lowest BCUT2D eigenvalue weighted by Crippen LogP contribution is -2.30. The van der Waals surface area contributed by atoms with Crippen molar-refractivity contribution in [3.8, 4) is 6.07 Å². The van der Waals surface area contributed by atoms with E-state index < -0.39 is 0 Å². The Kier molecular flexibility index (Phi) is 4.27. The fourth-order valence-corrected chi connectivity index (χ4v) is 1.68. The molecule has 1 N–H and O–H groups in total. The third-order valence-corrected chi connectivity index (χ3v) is 2.85. The first-order chi connectivity index (χ1) is 8.01. The lowest BCUT2D eigenvalue weighted by molar-refractivity contribution is 0.689. The van der Waals surface area contributed by atoms with Crippen molar-refractivity contribution in [2.24, 2.45) is 0 Å². The summed E-state index contributed by atoms with van der Waals surface area (Å²) in [6.45, 7) is 5.86. The minimum absolute atomic E-state index is 0.137. The topological polar surface area (TPSA) is 64.8 Å². The molecular weight excluding hydrogens is 214 g/mol. The van der Waals surface area contributed by atoms with Crippen LogP contribution in [0.3, 0.4) is 0 Å². The highest BCUT2D eigenvalue weighted by molar-refractivity contribution is 5.58. The molecule has 0 radical (unpaired) electrons. The van der Waals surface area contributed by atoms with Crippen molar-refractivity contribution < 1.29 is 0 Å². The fourth-order valence-electron chi connectivity index (χ4n) is 1.68. The molecule has 0 saturated heterocycles. The van der Waals surface area contributed by atoms with Crippen molar-refractivity contribution in [3.05, 3.63) is 11.4 Å². The van der Waals surface area contributed by atoms with Crippen LogP contribution < -0.4 is 10.2 Å². The number of anilines is 2. The van der Waals surface area contributed by atoms with Crippen molar-refractivity contribution in [3.63, 3.8) is 0 Å². The van der Waals surface area contributed by atoms with E-state index in [4.69, 9.17) is 5.26 Å². The molecule has 0 bridgehead atoms. The largest absolute Gasteiger partial charge is 0.373 e. The van der Waals surface area contributed by atoms with E-state index in [1.165, 1.54) is 0 Å². The molecule has 0 aliphatic heterocycles. The van der Waals surface area contributed by atoms with Crippen LogP contribution in [0.15, 0.2) is 0 Å². The molecule has 0 fully saturated rings. The molecule has 0 saturated carbocycles. The molecule has 0 spiro atoms. The number of nitrogens with zero attached hydrogens (tertiary/aromatic N) is 4. The average Bonchev–Trinajstić information content (AvgIpc) is 2.31. The summed E-state index contributed by atoms with van der Waals surface area (Å²) in [4.78, 5) is 10.8. The van der Waals surface area contributed by atoms with E-state index in [1.54, 1.807) is 0 Å². The Morgan fingerprint density at radius 2 is 2.06 bits per heavy atom. The van der Waals surface area contributed by atoms with E-state index in [1.807, 2.05) is 39.8 Å². The molecule has 0 aromatic carbocycles. The second-order valence-corrected chi connectivity index (χ2v) is 4.14. The predicted molar refractivity (Wildman–Crippen MR) is 69.1 cm³/mol. The third-order valence-electron chi connectivity index (χ3n) is 2.85. The van der Waals surface area contributed by atoms with Gasteiger partial charge in [0.15, 0.2) is 0 Å². The molecule has 1 unspecified atom stereocenters. The van der Waals surface area contributed by atoms with Crippen LogP contribution in [-0.4, -0.2) is 30.1 Å². The standard InChI is InChI=1S/C12H19N5/c1-8(6-7-13)17(5)12-9(2)11(14-4)15-10(3)16-12/h8H,6H2,1-5H3,(H,14,15,16). The zero-order valence-corrected chi connectivity index (χ0v) is 11.1. The average molecular weight is 233 g/mol. The van der Waals surface area contributed by atoms with E-state index in [2.05, 4.69) is 21.4 Å². The molecule has 5 heteroatoms. The van der Waals surface area contributed by atoms with E-state index in [-0.39, 0.29) is 6.04 Å². The third kappa shape index (κ3) is 2.84. The zero-order valence-electron chi connectivity index (χ0n) is 11.1. The molecule has 1 aromatic heterocycles. The maximum absolute atomic E-state index is 8.74.